The van der Waals surface area contributed by atoms with Crippen molar-refractivity contribution in [2.24, 2.45) is 5.92 Å². The SMILES string of the molecule is CCCC1CC1NC(=O)c1ccc(CCl)cc1. The maximum atomic E-state index is 11.9. The molecule has 1 fully saturated rings. The molecule has 3 heteroatoms. The number of carbonyl (C=O) groups is 1. The minimum atomic E-state index is 0.0368. The Morgan fingerprint density at radius 2 is 2.12 bits per heavy atom. The van der Waals surface area contributed by atoms with E-state index in [0.29, 0.717) is 17.8 Å². The minimum Gasteiger partial charge on any atom is -0.349 e. The van der Waals surface area contributed by atoms with Crippen LogP contribution >= 0.6 is 11.6 Å². The first-order valence-electron chi connectivity index (χ1n) is 6.20. The van der Waals surface area contributed by atoms with Crippen LogP contribution in [-0.4, -0.2) is 11.9 Å². The fourth-order valence-electron chi connectivity index (χ4n) is 2.11. The molecule has 2 atom stereocenters. The largest absolute Gasteiger partial charge is 0.349 e. The van der Waals surface area contributed by atoms with Gasteiger partial charge in [0.1, 0.15) is 0 Å². The predicted molar refractivity (Wildman–Crippen MR) is 70.3 cm³/mol. The average molecular weight is 252 g/mol. The Kier molecular flexibility index (Phi) is 4.06. The molecule has 0 heterocycles. The van der Waals surface area contributed by atoms with E-state index in [1.807, 2.05) is 24.3 Å². The molecule has 1 aliphatic rings. The fraction of sp³-hybridized carbons (Fsp3) is 0.500. The number of alkyl halides is 1. The molecule has 1 N–H and O–H groups in total. The Hall–Kier alpha value is -1.02. The highest BCUT2D eigenvalue weighted by atomic mass is 35.5. The smallest absolute Gasteiger partial charge is 0.251 e. The van der Waals surface area contributed by atoms with Crippen LogP contribution in [-0.2, 0) is 5.88 Å². The van der Waals surface area contributed by atoms with Gasteiger partial charge in [0.15, 0.2) is 0 Å². The summed E-state index contributed by atoms with van der Waals surface area (Å²) in [6, 6.07) is 7.88. The summed E-state index contributed by atoms with van der Waals surface area (Å²) in [5, 5.41) is 3.07. The van der Waals surface area contributed by atoms with Gasteiger partial charge >= 0.3 is 0 Å². The van der Waals surface area contributed by atoms with Crippen molar-refractivity contribution >= 4 is 17.5 Å². The molecule has 1 aliphatic carbocycles. The predicted octanol–water partition coefficient (Wildman–Crippen LogP) is 3.34. The highest BCUT2D eigenvalue weighted by Gasteiger charge is 2.37. The number of halogens is 1. The van der Waals surface area contributed by atoms with Crippen molar-refractivity contribution in [3.63, 3.8) is 0 Å². The van der Waals surface area contributed by atoms with E-state index < -0.39 is 0 Å². The summed E-state index contributed by atoms with van der Waals surface area (Å²) in [7, 11) is 0. The summed E-state index contributed by atoms with van der Waals surface area (Å²) in [5.74, 6) is 1.23. The van der Waals surface area contributed by atoms with E-state index in [4.69, 9.17) is 11.6 Å². The van der Waals surface area contributed by atoms with Gasteiger partial charge in [0.25, 0.3) is 5.91 Å². The molecule has 0 aliphatic heterocycles. The van der Waals surface area contributed by atoms with Gasteiger partial charge in [-0.15, -0.1) is 11.6 Å². The number of amides is 1. The van der Waals surface area contributed by atoms with Gasteiger partial charge in [0.05, 0.1) is 0 Å². The maximum Gasteiger partial charge on any atom is 0.251 e. The molecule has 0 saturated heterocycles. The third-order valence-corrected chi connectivity index (χ3v) is 3.58. The molecule has 1 aromatic rings. The van der Waals surface area contributed by atoms with E-state index in [1.165, 1.54) is 12.8 Å². The van der Waals surface area contributed by atoms with Gasteiger partial charge in [-0.3, -0.25) is 4.79 Å². The molecule has 0 bridgehead atoms. The van der Waals surface area contributed by atoms with Gasteiger partial charge in [-0.25, -0.2) is 0 Å². The number of carbonyl (C=O) groups excluding carboxylic acids is 1. The molecular weight excluding hydrogens is 234 g/mol. The molecular formula is C14H18ClNO. The van der Waals surface area contributed by atoms with Crippen LogP contribution in [0.3, 0.4) is 0 Å². The van der Waals surface area contributed by atoms with Crippen LogP contribution in [0.15, 0.2) is 24.3 Å². The molecule has 1 saturated carbocycles. The molecule has 2 rings (SSSR count). The Bertz CT molecular complexity index is 388. The van der Waals surface area contributed by atoms with Gasteiger partial charge in [-0.05, 0) is 36.5 Å². The number of rotatable bonds is 5. The van der Waals surface area contributed by atoms with Crippen molar-refractivity contribution in [2.75, 3.05) is 0 Å². The van der Waals surface area contributed by atoms with Crippen LogP contribution < -0.4 is 5.32 Å². The van der Waals surface area contributed by atoms with E-state index in [9.17, 15) is 4.79 Å². The number of hydrogen-bond acceptors (Lipinski definition) is 1. The van der Waals surface area contributed by atoms with Crippen molar-refractivity contribution in [1.82, 2.24) is 5.32 Å². The van der Waals surface area contributed by atoms with E-state index >= 15 is 0 Å². The standard InChI is InChI=1S/C14H18ClNO/c1-2-3-12-8-13(12)16-14(17)11-6-4-10(9-15)5-7-11/h4-7,12-13H,2-3,8-9H2,1H3,(H,16,17). The van der Waals surface area contributed by atoms with Crippen molar-refractivity contribution < 1.29 is 4.79 Å². The zero-order valence-corrected chi connectivity index (χ0v) is 10.8. The number of nitrogens with one attached hydrogen (secondary N) is 1. The summed E-state index contributed by atoms with van der Waals surface area (Å²) in [4.78, 5) is 11.9. The monoisotopic (exact) mass is 251 g/mol. The highest BCUT2D eigenvalue weighted by molar-refractivity contribution is 6.17. The summed E-state index contributed by atoms with van der Waals surface area (Å²) in [5.41, 5.74) is 1.76. The lowest BCUT2D eigenvalue weighted by Gasteiger charge is -2.05. The molecule has 1 aromatic carbocycles. The third kappa shape index (κ3) is 3.22. The lowest BCUT2D eigenvalue weighted by molar-refractivity contribution is 0.0949. The molecule has 0 radical (unpaired) electrons. The zero-order valence-electron chi connectivity index (χ0n) is 10.1. The van der Waals surface area contributed by atoms with Gasteiger partial charge in [0.2, 0.25) is 0 Å². The second-order valence-corrected chi connectivity index (χ2v) is 4.96. The topological polar surface area (TPSA) is 29.1 Å². The van der Waals surface area contributed by atoms with Crippen molar-refractivity contribution in [2.45, 2.75) is 38.1 Å². The molecule has 0 spiro atoms. The zero-order chi connectivity index (χ0) is 12.3. The Labute approximate surface area is 107 Å². The van der Waals surface area contributed by atoms with Gasteiger partial charge < -0.3 is 5.32 Å². The molecule has 2 nitrogen and oxygen atoms in total. The van der Waals surface area contributed by atoms with Gasteiger partial charge in [-0.2, -0.15) is 0 Å². The van der Waals surface area contributed by atoms with Crippen molar-refractivity contribution in [3.8, 4) is 0 Å². The normalized spacial score (nSPS) is 22.2. The van der Waals surface area contributed by atoms with Crippen LogP contribution in [0, 0.1) is 5.92 Å². The van der Waals surface area contributed by atoms with Crippen LogP contribution in [0.5, 0.6) is 0 Å². The van der Waals surface area contributed by atoms with Crippen LogP contribution in [0.4, 0.5) is 0 Å². The van der Waals surface area contributed by atoms with Crippen LogP contribution in [0.1, 0.15) is 42.1 Å². The van der Waals surface area contributed by atoms with E-state index in [0.717, 1.165) is 17.5 Å². The average Bonchev–Trinajstić information content (AvgIpc) is 3.08. The van der Waals surface area contributed by atoms with E-state index in [-0.39, 0.29) is 5.91 Å². The first-order valence-corrected chi connectivity index (χ1v) is 6.73. The maximum absolute atomic E-state index is 11.9. The van der Waals surface area contributed by atoms with Crippen LogP contribution in [0.2, 0.25) is 0 Å². The van der Waals surface area contributed by atoms with Gasteiger partial charge in [0, 0.05) is 17.5 Å². The number of hydrogen-bond donors (Lipinski definition) is 1. The molecule has 1 amide bonds. The second kappa shape index (κ2) is 5.54. The molecule has 17 heavy (non-hydrogen) atoms. The summed E-state index contributed by atoms with van der Waals surface area (Å²) >= 11 is 5.71. The van der Waals surface area contributed by atoms with Crippen molar-refractivity contribution in [1.29, 1.82) is 0 Å². The second-order valence-electron chi connectivity index (χ2n) is 4.69. The minimum absolute atomic E-state index is 0.0368. The third-order valence-electron chi connectivity index (χ3n) is 3.27. The lowest BCUT2D eigenvalue weighted by Crippen LogP contribution is -2.26. The van der Waals surface area contributed by atoms with E-state index in [1.54, 1.807) is 0 Å². The van der Waals surface area contributed by atoms with Crippen LogP contribution in [0.25, 0.3) is 0 Å². The fourth-order valence-corrected chi connectivity index (χ4v) is 2.29. The Balaban J connectivity index is 1.87. The molecule has 2 unspecified atom stereocenters. The highest BCUT2D eigenvalue weighted by Crippen LogP contribution is 2.34. The summed E-state index contributed by atoms with van der Waals surface area (Å²) in [6.45, 7) is 2.18. The summed E-state index contributed by atoms with van der Waals surface area (Å²) in [6.07, 6.45) is 3.55. The Morgan fingerprint density at radius 1 is 1.41 bits per heavy atom. The molecule has 0 aromatic heterocycles. The first kappa shape index (κ1) is 12.4. The van der Waals surface area contributed by atoms with E-state index in [2.05, 4.69) is 12.2 Å². The Morgan fingerprint density at radius 3 is 2.71 bits per heavy atom. The lowest BCUT2D eigenvalue weighted by atomic mass is 10.1. The van der Waals surface area contributed by atoms with Gasteiger partial charge in [-0.1, -0.05) is 25.5 Å². The first-order chi connectivity index (χ1) is 8.24. The van der Waals surface area contributed by atoms with Crippen molar-refractivity contribution in [3.05, 3.63) is 35.4 Å². The summed E-state index contributed by atoms with van der Waals surface area (Å²) < 4.78 is 0. The number of benzene rings is 1. The molecule has 92 valence electrons. The quantitative estimate of drug-likeness (QED) is 0.799.